The highest BCUT2D eigenvalue weighted by Crippen LogP contribution is 2.42. The predicted octanol–water partition coefficient (Wildman–Crippen LogP) is 6.63. The van der Waals surface area contributed by atoms with E-state index in [0.29, 0.717) is 33.6 Å². The highest BCUT2D eigenvalue weighted by Gasteiger charge is 2.41. The quantitative estimate of drug-likeness (QED) is 0.263. The smallest absolute Gasteiger partial charge is 0.269 e. The number of carbonyl (C=O) groups excluding carboxylic acids is 2. The largest absolute Gasteiger partial charge is 0.495 e. The summed E-state index contributed by atoms with van der Waals surface area (Å²) in [5, 5.41) is 13.3. The molecule has 2 amide bonds. The Hall–Kier alpha value is -3.44. The standard InChI is InChI=1S/C28H23Cl2N3O3S/c1-3-17-8-11-19(12-9-17)33-27(35)25(15-18-10-13-21(29)22(30)14-18)37-28(33)20(16-31)26(34)32-23-6-4-5-7-24(23)36-2/h4-14,25H,3,15H2,1-2H3,(H,32,34)/b28-20-. The van der Waals surface area contributed by atoms with E-state index in [1.807, 2.05) is 43.3 Å². The van der Waals surface area contributed by atoms with E-state index in [-0.39, 0.29) is 16.5 Å². The summed E-state index contributed by atoms with van der Waals surface area (Å²) in [6.45, 7) is 2.04. The molecule has 1 unspecified atom stereocenters. The van der Waals surface area contributed by atoms with Gasteiger partial charge in [0.25, 0.3) is 5.91 Å². The van der Waals surface area contributed by atoms with Gasteiger partial charge in [0.2, 0.25) is 5.91 Å². The summed E-state index contributed by atoms with van der Waals surface area (Å²) in [6, 6.07) is 21.7. The molecule has 4 rings (SSSR count). The molecule has 0 aliphatic carbocycles. The van der Waals surface area contributed by atoms with E-state index in [1.165, 1.54) is 23.8 Å². The van der Waals surface area contributed by atoms with Gasteiger partial charge in [-0.05, 0) is 60.4 Å². The number of benzene rings is 3. The molecule has 1 saturated heterocycles. The summed E-state index contributed by atoms with van der Waals surface area (Å²) < 4.78 is 5.31. The zero-order chi connectivity index (χ0) is 26.5. The molecule has 1 aliphatic heterocycles. The van der Waals surface area contributed by atoms with Crippen molar-refractivity contribution >= 4 is 58.2 Å². The van der Waals surface area contributed by atoms with Crippen LogP contribution in [0.2, 0.25) is 10.0 Å². The van der Waals surface area contributed by atoms with Crippen molar-refractivity contribution < 1.29 is 14.3 Å². The average Bonchev–Trinajstić information content (AvgIpc) is 3.22. The Labute approximate surface area is 229 Å². The van der Waals surface area contributed by atoms with Crippen LogP contribution in [0.15, 0.2) is 77.3 Å². The Morgan fingerprint density at radius 2 is 1.78 bits per heavy atom. The number of hydrogen-bond acceptors (Lipinski definition) is 5. The number of aryl methyl sites for hydroxylation is 1. The number of nitrogens with zero attached hydrogens (tertiary/aromatic N) is 2. The SMILES string of the molecule is CCc1ccc(N2C(=O)C(Cc3ccc(Cl)c(Cl)c3)S/C2=C(/C#N)C(=O)Nc2ccccc2OC)cc1. The van der Waals surface area contributed by atoms with Crippen molar-refractivity contribution in [1.82, 2.24) is 0 Å². The summed E-state index contributed by atoms with van der Waals surface area (Å²) >= 11 is 13.4. The first kappa shape index (κ1) is 26.6. The van der Waals surface area contributed by atoms with Gasteiger partial charge in [-0.2, -0.15) is 5.26 Å². The van der Waals surface area contributed by atoms with E-state index in [0.717, 1.165) is 17.5 Å². The fraction of sp³-hybridized carbons (Fsp3) is 0.179. The number of halogens is 2. The van der Waals surface area contributed by atoms with Crippen molar-refractivity contribution in [3.05, 3.63) is 98.5 Å². The maximum absolute atomic E-state index is 13.7. The molecular formula is C28H23Cl2N3O3S. The highest BCUT2D eigenvalue weighted by molar-refractivity contribution is 8.05. The zero-order valence-corrected chi connectivity index (χ0v) is 22.5. The van der Waals surface area contributed by atoms with Crippen LogP contribution in [0.3, 0.4) is 0 Å². The van der Waals surface area contributed by atoms with Crippen LogP contribution in [0.5, 0.6) is 5.75 Å². The lowest BCUT2D eigenvalue weighted by Gasteiger charge is -2.19. The Morgan fingerprint density at radius 3 is 2.43 bits per heavy atom. The molecule has 1 fully saturated rings. The Bertz CT molecular complexity index is 1420. The highest BCUT2D eigenvalue weighted by atomic mass is 35.5. The normalized spacial score (nSPS) is 16.4. The van der Waals surface area contributed by atoms with Crippen LogP contribution in [0.4, 0.5) is 11.4 Å². The van der Waals surface area contributed by atoms with Gasteiger partial charge in [0.05, 0.1) is 28.1 Å². The summed E-state index contributed by atoms with van der Waals surface area (Å²) in [7, 11) is 1.50. The lowest BCUT2D eigenvalue weighted by Crippen LogP contribution is -2.31. The van der Waals surface area contributed by atoms with Crippen LogP contribution in [-0.4, -0.2) is 24.2 Å². The number of ether oxygens (including phenoxy) is 1. The maximum atomic E-state index is 13.7. The molecule has 0 spiro atoms. The third-order valence-electron chi connectivity index (χ3n) is 5.87. The van der Waals surface area contributed by atoms with Gasteiger partial charge in [-0.15, -0.1) is 0 Å². The molecule has 188 valence electrons. The van der Waals surface area contributed by atoms with E-state index in [1.54, 1.807) is 36.4 Å². The van der Waals surface area contributed by atoms with Crippen molar-refractivity contribution in [1.29, 1.82) is 5.26 Å². The second kappa shape index (κ2) is 11.7. The topological polar surface area (TPSA) is 82.4 Å². The van der Waals surface area contributed by atoms with Gasteiger partial charge in [0, 0.05) is 5.69 Å². The van der Waals surface area contributed by atoms with E-state index in [9.17, 15) is 14.9 Å². The van der Waals surface area contributed by atoms with Crippen LogP contribution in [0.25, 0.3) is 0 Å². The van der Waals surface area contributed by atoms with Gasteiger partial charge in [0.1, 0.15) is 22.4 Å². The number of thioether (sulfide) groups is 1. The first-order valence-corrected chi connectivity index (χ1v) is 13.1. The number of anilines is 2. The monoisotopic (exact) mass is 551 g/mol. The number of para-hydroxylation sites is 2. The number of rotatable bonds is 7. The first-order valence-electron chi connectivity index (χ1n) is 11.5. The zero-order valence-electron chi connectivity index (χ0n) is 20.1. The molecule has 0 radical (unpaired) electrons. The Morgan fingerprint density at radius 1 is 1.08 bits per heavy atom. The maximum Gasteiger partial charge on any atom is 0.269 e. The molecule has 1 aliphatic rings. The van der Waals surface area contributed by atoms with Crippen LogP contribution in [0, 0.1) is 11.3 Å². The molecular weight excluding hydrogens is 529 g/mol. The fourth-order valence-electron chi connectivity index (χ4n) is 3.92. The third-order valence-corrected chi connectivity index (χ3v) is 7.87. The number of carbonyl (C=O) groups is 2. The number of amides is 2. The van der Waals surface area contributed by atoms with Gasteiger partial charge < -0.3 is 10.1 Å². The van der Waals surface area contributed by atoms with Crippen molar-refractivity contribution in [2.24, 2.45) is 0 Å². The number of methoxy groups -OCH3 is 1. The van der Waals surface area contributed by atoms with Gasteiger partial charge >= 0.3 is 0 Å². The summed E-state index contributed by atoms with van der Waals surface area (Å²) in [4.78, 5) is 28.4. The lowest BCUT2D eigenvalue weighted by molar-refractivity contribution is -0.117. The number of nitrogens with one attached hydrogen (secondary N) is 1. The fourth-order valence-corrected chi connectivity index (χ4v) is 5.55. The predicted molar refractivity (Wildman–Crippen MR) is 149 cm³/mol. The van der Waals surface area contributed by atoms with Crippen LogP contribution in [-0.2, 0) is 22.4 Å². The third kappa shape index (κ3) is 5.78. The minimum absolute atomic E-state index is 0.166. The minimum atomic E-state index is -0.632. The van der Waals surface area contributed by atoms with Gasteiger partial charge in [-0.25, -0.2) is 0 Å². The number of hydrogen-bond donors (Lipinski definition) is 1. The van der Waals surface area contributed by atoms with E-state index in [4.69, 9.17) is 27.9 Å². The van der Waals surface area contributed by atoms with Crippen LogP contribution < -0.4 is 15.0 Å². The molecule has 37 heavy (non-hydrogen) atoms. The second-order valence-electron chi connectivity index (χ2n) is 8.20. The van der Waals surface area contributed by atoms with Crippen molar-refractivity contribution in [2.45, 2.75) is 25.0 Å². The Kier molecular flexibility index (Phi) is 8.45. The molecule has 6 nitrogen and oxygen atoms in total. The van der Waals surface area contributed by atoms with Crippen molar-refractivity contribution in [3.8, 4) is 11.8 Å². The first-order chi connectivity index (χ1) is 17.9. The van der Waals surface area contributed by atoms with Gasteiger partial charge in [0.15, 0.2) is 0 Å². The minimum Gasteiger partial charge on any atom is -0.495 e. The molecule has 3 aromatic rings. The molecule has 0 bridgehead atoms. The van der Waals surface area contributed by atoms with E-state index < -0.39 is 11.2 Å². The number of nitriles is 1. The van der Waals surface area contributed by atoms with Crippen LogP contribution in [0.1, 0.15) is 18.1 Å². The molecule has 1 heterocycles. The molecule has 0 saturated carbocycles. The average molecular weight is 552 g/mol. The second-order valence-corrected chi connectivity index (χ2v) is 10.2. The van der Waals surface area contributed by atoms with Crippen molar-refractivity contribution in [3.63, 3.8) is 0 Å². The van der Waals surface area contributed by atoms with Gasteiger partial charge in [-0.1, -0.05) is 72.2 Å². The summed E-state index contributed by atoms with van der Waals surface area (Å²) in [5.74, 6) is -0.404. The van der Waals surface area contributed by atoms with E-state index in [2.05, 4.69) is 5.32 Å². The molecule has 0 aromatic heterocycles. The van der Waals surface area contributed by atoms with E-state index >= 15 is 0 Å². The van der Waals surface area contributed by atoms with Crippen LogP contribution >= 0.6 is 35.0 Å². The Balaban J connectivity index is 1.74. The molecule has 9 heteroatoms. The lowest BCUT2D eigenvalue weighted by atomic mass is 10.1. The molecule has 1 atom stereocenters. The molecule has 1 N–H and O–H groups in total. The summed E-state index contributed by atoms with van der Waals surface area (Å²) in [6.07, 6.45) is 1.19. The molecule has 3 aromatic carbocycles. The van der Waals surface area contributed by atoms with Crippen molar-refractivity contribution in [2.75, 3.05) is 17.3 Å². The van der Waals surface area contributed by atoms with Gasteiger partial charge in [-0.3, -0.25) is 14.5 Å². The summed E-state index contributed by atoms with van der Waals surface area (Å²) in [5.41, 5.74) is 2.76.